The van der Waals surface area contributed by atoms with Gasteiger partial charge in [-0.2, -0.15) is 0 Å². The highest BCUT2D eigenvalue weighted by Gasteiger charge is 2.44. The lowest BCUT2D eigenvalue weighted by Gasteiger charge is -2.42. The average molecular weight is 429 g/mol. The van der Waals surface area contributed by atoms with E-state index in [1.165, 1.54) is 14.2 Å². The highest BCUT2D eigenvalue weighted by Crippen LogP contribution is 2.35. The molecule has 0 spiro atoms. The first-order valence-electron chi connectivity index (χ1n) is 8.48. The zero-order chi connectivity index (χ0) is 19.2. The van der Waals surface area contributed by atoms with Crippen molar-refractivity contribution < 1.29 is 24.2 Å². The van der Waals surface area contributed by atoms with E-state index in [1.54, 1.807) is 4.90 Å². The number of hydrogen-bond acceptors (Lipinski definition) is 4. The van der Waals surface area contributed by atoms with Crippen LogP contribution in [0.3, 0.4) is 0 Å². The van der Waals surface area contributed by atoms with Crippen LogP contribution in [0.1, 0.15) is 24.8 Å². The molecule has 7 nitrogen and oxygen atoms in total. The number of hydrogen-bond donors (Lipinski definition) is 2. The molecule has 2 rings (SSSR count). The van der Waals surface area contributed by atoms with Gasteiger partial charge < -0.3 is 19.9 Å². The van der Waals surface area contributed by atoms with Gasteiger partial charge in [0.15, 0.2) is 0 Å². The van der Waals surface area contributed by atoms with Crippen LogP contribution >= 0.6 is 15.9 Å². The maximum absolute atomic E-state index is 12.7. The molecular weight excluding hydrogens is 404 g/mol. The summed E-state index contributed by atoms with van der Waals surface area (Å²) < 4.78 is 11.4. The predicted octanol–water partition coefficient (Wildman–Crippen LogP) is 2.75. The molecule has 2 atom stereocenters. The molecule has 0 aliphatic heterocycles. The lowest BCUT2D eigenvalue weighted by Crippen LogP contribution is -2.54. The summed E-state index contributed by atoms with van der Waals surface area (Å²) in [5, 5.41) is 11.6. The summed E-state index contributed by atoms with van der Waals surface area (Å²) in [5.41, 5.74) is 0.720. The molecular formula is C18H25BrN2O5. The van der Waals surface area contributed by atoms with E-state index < -0.39 is 12.0 Å². The molecule has 0 aromatic heterocycles. The van der Waals surface area contributed by atoms with Crippen molar-refractivity contribution in [2.45, 2.75) is 31.2 Å². The molecule has 8 heteroatoms. The Bertz CT molecular complexity index is 609. The van der Waals surface area contributed by atoms with Crippen LogP contribution in [-0.4, -0.2) is 54.1 Å². The normalized spacial score (nSPS) is 20.0. The maximum atomic E-state index is 12.7. The molecule has 1 aliphatic rings. The van der Waals surface area contributed by atoms with Crippen molar-refractivity contribution in [1.82, 2.24) is 10.2 Å². The highest BCUT2D eigenvalue weighted by atomic mass is 79.9. The molecule has 0 bridgehead atoms. The molecule has 0 heterocycles. The largest absolute Gasteiger partial charge is 0.465 e. The van der Waals surface area contributed by atoms with Gasteiger partial charge in [-0.05, 0) is 25.2 Å². The minimum absolute atomic E-state index is 0.0883. The number of rotatable bonds is 8. The Morgan fingerprint density at radius 1 is 1.27 bits per heavy atom. The molecule has 1 saturated carbocycles. The summed E-state index contributed by atoms with van der Waals surface area (Å²) in [6, 6.07) is 9.23. The topological polar surface area (TPSA) is 88.1 Å². The first-order chi connectivity index (χ1) is 12.5. The number of amides is 2. The number of nitrogens with one attached hydrogen (secondary N) is 1. The van der Waals surface area contributed by atoms with Crippen LogP contribution in [0.25, 0.3) is 0 Å². The van der Waals surface area contributed by atoms with Crippen LogP contribution in [-0.2, 0) is 20.2 Å². The Kier molecular flexibility index (Phi) is 7.43. The molecule has 1 aromatic rings. The Labute approximate surface area is 161 Å². The molecule has 144 valence electrons. The second kappa shape index (κ2) is 9.34. The van der Waals surface area contributed by atoms with Crippen LogP contribution in [0.5, 0.6) is 0 Å². The standard InChI is InChI=1S/C18H25BrN2O5/c1-25-18(26-2,14-6-4-3-5-7-14)21(16(22)11-19)12-13-8-9-15(10-13)20-17(23)24/h3-7,13,15,20H,8-12H2,1-2H3,(H,23,24). The SMILES string of the molecule is COC(OC)(c1ccccc1)N(CC1CCC(NC(=O)O)C1)C(=O)CBr. The first kappa shape index (κ1) is 20.7. The summed E-state index contributed by atoms with van der Waals surface area (Å²) in [6.45, 7) is 0.415. The summed E-state index contributed by atoms with van der Waals surface area (Å²) in [7, 11) is 3.02. The third kappa shape index (κ3) is 4.55. The van der Waals surface area contributed by atoms with Crippen LogP contribution in [0.15, 0.2) is 30.3 Å². The number of ether oxygens (including phenoxy) is 2. The molecule has 2 unspecified atom stereocenters. The lowest BCUT2D eigenvalue weighted by molar-refractivity contribution is -0.299. The monoisotopic (exact) mass is 428 g/mol. The Morgan fingerprint density at radius 3 is 2.46 bits per heavy atom. The van der Waals surface area contributed by atoms with E-state index >= 15 is 0 Å². The number of alkyl halides is 1. The van der Waals surface area contributed by atoms with Gasteiger partial charge >= 0.3 is 6.09 Å². The number of methoxy groups -OCH3 is 2. The molecule has 1 aromatic carbocycles. The van der Waals surface area contributed by atoms with Crippen LogP contribution in [0.2, 0.25) is 0 Å². The van der Waals surface area contributed by atoms with Crippen molar-refractivity contribution >= 4 is 27.9 Å². The number of carbonyl (C=O) groups is 2. The number of halogens is 1. The third-order valence-corrected chi connectivity index (χ3v) is 5.25. The minimum Gasteiger partial charge on any atom is -0.465 e. The quantitative estimate of drug-likeness (QED) is 0.490. The summed E-state index contributed by atoms with van der Waals surface area (Å²) >= 11 is 3.24. The second-order valence-corrected chi connectivity index (χ2v) is 6.88. The smallest absolute Gasteiger partial charge is 0.404 e. The summed E-state index contributed by atoms with van der Waals surface area (Å²) in [6.07, 6.45) is 1.24. The van der Waals surface area contributed by atoms with Crippen molar-refractivity contribution in [2.24, 2.45) is 5.92 Å². The van der Waals surface area contributed by atoms with Gasteiger partial charge in [-0.1, -0.05) is 46.3 Å². The zero-order valence-electron chi connectivity index (χ0n) is 15.0. The number of benzene rings is 1. The van der Waals surface area contributed by atoms with Gasteiger partial charge in [0.2, 0.25) is 5.91 Å². The van der Waals surface area contributed by atoms with Gasteiger partial charge in [0.1, 0.15) is 0 Å². The van der Waals surface area contributed by atoms with Crippen LogP contribution in [0.4, 0.5) is 4.79 Å². The van der Waals surface area contributed by atoms with E-state index in [0.29, 0.717) is 13.0 Å². The van der Waals surface area contributed by atoms with Gasteiger partial charge in [-0.15, -0.1) is 0 Å². The number of nitrogens with zero attached hydrogens (tertiary/aromatic N) is 1. The summed E-state index contributed by atoms with van der Waals surface area (Å²) in [5.74, 6) is -1.33. The van der Waals surface area contributed by atoms with Crippen molar-refractivity contribution in [3.05, 3.63) is 35.9 Å². The molecule has 0 saturated heterocycles. The molecule has 1 fully saturated rings. The maximum Gasteiger partial charge on any atom is 0.404 e. The lowest BCUT2D eigenvalue weighted by atomic mass is 10.0. The number of carboxylic acid groups (broad SMARTS) is 1. The summed E-state index contributed by atoms with van der Waals surface area (Å²) in [4.78, 5) is 25.1. The van der Waals surface area contributed by atoms with E-state index in [2.05, 4.69) is 21.2 Å². The fraction of sp³-hybridized carbons (Fsp3) is 0.556. The van der Waals surface area contributed by atoms with Crippen molar-refractivity contribution in [3.8, 4) is 0 Å². The van der Waals surface area contributed by atoms with Crippen LogP contribution in [0, 0.1) is 5.92 Å². The van der Waals surface area contributed by atoms with Gasteiger partial charge in [-0.3, -0.25) is 9.69 Å². The predicted molar refractivity (Wildman–Crippen MR) is 99.9 cm³/mol. The minimum atomic E-state index is -1.33. The van der Waals surface area contributed by atoms with E-state index in [9.17, 15) is 9.59 Å². The van der Waals surface area contributed by atoms with Gasteiger partial charge in [0.05, 0.1) is 5.33 Å². The van der Waals surface area contributed by atoms with E-state index in [0.717, 1.165) is 18.4 Å². The average Bonchev–Trinajstić information content (AvgIpc) is 3.08. The Balaban J connectivity index is 2.25. The fourth-order valence-electron chi connectivity index (χ4n) is 3.61. The van der Waals surface area contributed by atoms with E-state index in [-0.39, 0.29) is 23.2 Å². The van der Waals surface area contributed by atoms with Gasteiger partial charge in [-0.25, -0.2) is 4.79 Å². The molecule has 0 radical (unpaired) electrons. The molecule has 1 aliphatic carbocycles. The third-order valence-electron chi connectivity index (χ3n) is 4.77. The van der Waals surface area contributed by atoms with E-state index in [4.69, 9.17) is 14.6 Å². The fourth-order valence-corrected chi connectivity index (χ4v) is 3.91. The van der Waals surface area contributed by atoms with Gasteiger partial charge in [0, 0.05) is 32.4 Å². The van der Waals surface area contributed by atoms with E-state index in [1.807, 2.05) is 30.3 Å². The Hall–Kier alpha value is -1.64. The van der Waals surface area contributed by atoms with Gasteiger partial charge in [0.25, 0.3) is 5.91 Å². The first-order valence-corrected chi connectivity index (χ1v) is 9.60. The van der Waals surface area contributed by atoms with Crippen molar-refractivity contribution in [3.63, 3.8) is 0 Å². The molecule has 2 amide bonds. The highest BCUT2D eigenvalue weighted by molar-refractivity contribution is 9.09. The van der Waals surface area contributed by atoms with Crippen molar-refractivity contribution in [1.29, 1.82) is 0 Å². The van der Waals surface area contributed by atoms with Crippen molar-refractivity contribution in [2.75, 3.05) is 26.1 Å². The van der Waals surface area contributed by atoms with Crippen LogP contribution < -0.4 is 5.32 Å². The second-order valence-electron chi connectivity index (χ2n) is 6.32. The molecule has 2 N–H and O–H groups in total. The Morgan fingerprint density at radius 2 is 1.92 bits per heavy atom. The molecule has 26 heavy (non-hydrogen) atoms. The zero-order valence-corrected chi connectivity index (χ0v) is 16.6. The number of carbonyl (C=O) groups excluding carboxylic acids is 1.